The Labute approximate surface area is 131 Å². The number of nitrogens with zero attached hydrogens (tertiary/aromatic N) is 1. The molecule has 0 spiro atoms. The van der Waals surface area contributed by atoms with E-state index < -0.39 is 0 Å². The molecule has 0 aromatic rings. The van der Waals surface area contributed by atoms with E-state index in [2.05, 4.69) is 24.1 Å². The molecule has 1 heterocycles. The van der Waals surface area contributed by atoms with E-state index in [0.29, 0.717) is 0 Å². The van der Waals surface area contributed by atoms with Crippen molar-refractivity contribution in [1.29, 1.82) is 0 Å². The van der Waals surface area contributed by atoms with Crippen LogP contribution in [0.5, 0.6) is 0 Å². The fourth-order valence-electron chi connectivity index (χ4n) is 6.14. The van der Waals surface area contributed by atoms with Crippen molar-refractivity contribution < 1.29 is 0 Å². The molecule has 0 aromatic heterocycles. The third-order valence-electron chi connectivity index (χ3n) is 7.33. The van der Waals surface area contributed by atoms with E-state index in [1.54, 1.807) is 12.8 Å². The highest BCUT2D eigenvalue weighted by molar-refractivity contribution is 4.97. The monoisotopic (exact) mass is 290 g/mol. The first-order valence-electron chi connectivity index (χ1n) is 9.68. The molecule has 4 fully saturated rings. The minimum Gasteiger partial charge on any atom is -0.313 e. The lowest BCUT2D eigenvalue weighted by Crippen LogP contribution is -2.58. The van der Waals surface area contributed by atoms with Crippen LogP contribution < -0.4 is 5.32 Å². The number of fused-ring (bicyclic) bond motifs is 4. The predicted octanol–water partition coefficient (Wildman–Crippen LogP) is 3.52. The number of likely N-dealkylation sites (tertiary alicyclic amines) is 1. The van der Waals surface area contributed by atoms with E-state index in [1.165, 1.54) is 51.7 Å². The topological polar surface area (TPSA) is 15.3 Å². The summed E-state index contributed by atoms with van der Waals surface area (Å²) in [6.07, 6.45) is 10.6. The van der Waals surface area contributed by atoms with Crippen LogP contribution in [0, 0.1) is 29.6 Å². The van der Waals surface area contributed by atoms with Crippen molar-refractivity contribution in [3.8, 4) is 0 Å². The van der Waals surface area contributed by atoms with E-state index >= 15 is 0 Å². The highest BCUT2D eigenvalue weighted by atomic mass is 15.2. The molecule has 4 aliphatic rings. The highest BCUT2D eigenvalue weighted by Gasteiger charge is 2.42. The van der Waals surface area contributed by atoms with Gasteiger partial charge in [-0.3, -0.25) is 0 Å². The van der Waals surface area contributed by atoms with Crippen molar-refractivity contribution in [2.75, 3.05) is 19.6 Å². The van der Waals surface area contributed by atoms with Crippen LogP contribution in [0.3, 0.4) is 0 Å². The van der Waals surface area contributed by atoms with Crippen molar-refractivity contribution in [1.82, 2.24) is 10.2 Å². The number of hydrogen-bond acceptors (Lipinski definition) is 2. The zero-order valence-corrected chi connectivity index (χ0v) is 14.1. The van der Waals surface area contributed by atoms with Crippen molar-refractivity contribution >= 4 is 0 Å². The van der Waals surface area contributed by atoms with Crippen LogP contribution in [0.15, 0.2) is 0 Å². The van der Waals surface area contributed by atoms with Crippen LogP contribution >= 0.6 is 0 Å². The molecule has 3 saturated carbocycles. The van der Waals surface area contributed by atoms with Crippen LogP contribution in [0.1, 0.15) is 58.8 Å². The summed E-state index contributed by atoms with van der Waals surface area (Å²) in [6, 6.07) is 1.58. The second kappa shape index (κ2) is 5.85. The maximum atomic E-state index is 4.08. The molecule has 120 valence electrons. The van der Waals surface area contributed by atoms with Gasteiger partial charge < -0.3 is 10.2 Å². The molecule has 5 unspecified atom stereocenters. The van der Waals surface area contributed by atoms with E-state index in [9.17, 15) is 0 Å². The molecule has 21 heavy (non-hydrogen) atoms. The van der Waals surface area contributed by atoms with Crippen molar-refractivity contribution in [2.24, 2.45) is 29.6 Å². The third-order valence-corrected chi connectivity index (χ3v) is 7.33. The predicted molar refractivity (Wildman–Crippen MR) is 88.3 cm³/mol. The Balaban J connectivity index is 1.34. The number of nitrogens with one attached hydrogen (secondary N) is 1. The molecule has 0 amide bonds. The molecule has 4 bridgehead atoms. The van der Waals surface area contributed by atoms with E-state index in [4.69, 9.17) is 0 Å². The molecule has 1 aliphatic heterocycles. The first kappa shape index (κ1) is 14.5. The smallest absolute Gasteiger partial charge is 0.0148 e. The standard InChI is InChI=1S/C19H34N2/c1-13(2)21-11-16-4-3-5-17(12-21)19(16)20-10-18-9-14-6-7-15(18)8-14/h13-20H,3-12H2,1-2H3. The molecular formula is C19H34N2. The lowest BCUT2D eigenvalue weighted by molar-refractivity contribution is 0.0271. The molecule has 0 aromatic carbocycles. The molecule has 3 aliphatic carbocycles. The van der Waals surface area contributed by atoms with Crippen LogP contribution in [-0.4, -0.2) is 36.6 Å². The normalized spacial score (nSPS) is 46.4. The molecule has 5 atom stereocenters. The zero-order chi connectivity index (χ0) is 14.4. The quantitative estimate of drug-likeness (QED) is 0.852. The second-order valence-electron chi connectivity index (χ2n) is 8.87. The average molecular weight is 290 g/mol. The number of rotatable bonds is 4. The Morgan fingerprint density at radius 1 is 0.952 bits per heavy atom. The molecule has 4 rings (SSSR count). The van der Waals surface area contributed by atoms with Gasteiger partial charge in [-0.15, -0.1) is 0 Å². The Morgan fingerprint density at radius 3 is 2.29 bits per heavy atom. The summed E-state index contributed by atoms with van der Waals surface area (Å²) in [5.41, 5.74) is 0. The molecule has 0 radical (unpaired) electrons. The van der Waals surface area contributed by atoms with Crippen molar-refractivity contribution in [2.45, 2.75) is 70.9 Å². The Bertz CT molecular complexity index is 353. The van der Waals surface area contributed by atoms with Crippen LogP contribution in [0.25, 0.3) is 0 Å². The summed E-state index contributed by atoms with van der Waals surface area (Å²) in [6.45, 7) is 8.78. The zero-order valence-electron chi connectivity index (χ0n) is 14.1. The van der Waals surface area contributed by atoms with Gasteiger partial charge in [0.1, 0.15) is 0 Å². The summed E-state index contributed by atoms with van der Waals surface area (Å²) in [4.78, 5) is 2.74. The van der Waals surface area contributed by atoms with Crippen LogP contribution in [0.2, 0.25) is 0 Å². The lowest BCUT2D eigenvalue weighted by atomic mass is 9.73. The maximum Gasteiger partial charge on any atom is 0.0148 e. The molecule has 1 N–H and O–H groups in total. The van der Waals surface area contributed by atoms with Gasteiger partial charge in [0.15, 0.2) is 0 Å². The summed E-state index contributed by atoms with van der Waals surface area (Å²) in [5, 5.41) is 4.08. The molecular weight excluding hydrogens is 256 g/mol. The average Bonchev–Trinajstić information content (AvgIpc) is 3.06. The lowest BCUT2D eigenvalue weighted by Gasteiger charge is -2.49. The molecule has 2 heteroatoms. The minimum atomic E-state index is 0.736. The fourth-order valence-corrected chi connectivity index (χ4v) is 6.14. The van der Waals surface area contributed by atoms with Gasteiger partial charge in [-0.05, 0) is 82.1 Å². The summed E-state index contributed by atoms with van der Waals surface area (Å²) in [7, 11) is 0. The summed E-state index contributed by atoms with van der Waals surface area (Å²) < 4.78 is 0. The van der Waals surface area contributed by atoms with Gasteiger partial charge >= 0.3 is 0 Å². The maximum absolute atomic E-state index is 4.08. The largest absolute Gasteiger partial charge is 0.313 e. The fraction of sp³-hybridized carbons (Fsp3) is 1.00. The van der Waals surface area contributed by atoms with Gasteiger partial charge in [0.2, 0.25) is 0 Å². The second-order valence-corrected chi connectivity index (χ2v) is 8.87. The van der Waals surface area contributed by atoms with E-state index in [1.807, 2.05) is 0 Å². The SMILES string of the molecule is CC(C)N1CC2CCCC(C1)C2NCC1CC2CCC1C2. The molecule has 1 saturated heterocycles. The first-order chi connectivity index (χ1) is 10.2. The van der Waals surface area contributed by atoms with Gasteiger partial charge in [-0.25, -0.2) is 0 Å². The summed E-state index contributed by atoms with van der Waals surface area (Å²) >= 11 is 0. The Morgan fingerprint density at radius 2 is 1.71 bits per heavy atom. The third kappa shape index (κ3) is 2.79. The van der Waals surface area contributed by atoms with Gasteiger partial charge in [0.05, 0.1) is 0 Å². The minimum absolute atomic E-state index is 0.736. The number of hydrogen-bond donors (Lipinski definition) is 1. The van der Waals surface area contributed by atoms with Crippen molar-refractivity contribution in [3.05, 3.63) is 0 Å². The Hall–Kier alpha value is -0.0800. The van der Waals surface area contributed by atoms with E-state index in [-0.39, 0.29) is 0 Å². The van der Waals surface area contributed by atoms with Gasteiger partial charge in [-0.1, -0.05) is 12.8 Å². The Kier molecular flexibility index (Phi) is 4.04. The van der Waals surface area contributed by atoms with Crippen molar-refractivity contribution in [3.63, 3.8) is 0 Å². The molecule has 2 nitrogen and oxygen atoms in total. The van der Waals surface area contributed by atoms with Crippen LogP contribution in [0.4, 0.5) is 0 Å². The van der Waals surface area contributed by atoms with Gasteiger partial charge in [0, 0.05) is 25.2 Å². The number of piperidine rings is 1. The van der Waals surface area contributed by atoms with E-state index in [0.717, 1.165) is 41.7 Å². The van der Waals surface area contributed by atoms with Gasteiger partial charge in [0.25, 0.3) is 0 Å². The van der Waals surface area contributed by atoms with Crippen LogP contribution in [-0.2, 0) is 0 Å². The first-order valence-corrected chi connectivity index (χ1v) is 9.68. The highest BCUT2D eigenvalue weighted by Crippen LogP contribution is 2.48. The van der Waals surface area contributed by atoms with Gasteiger partial charge in [-0.2, -0.15) is 0 Å². The summed E-state index contributed by atoms with van der Waals surface area (Å²) in [5.74, 6) is 5.06.